The highest BCUT2D eigenvalue weighted by molar-refractivity contribution is 7.80. The summed E-state index contributed by atoms with van der Waals surface area (Å²) in [4.78, 5) is 3.27. The second-order valence-corrected chi connectivity index (χ2v) is 4.85. The van der Waals surface area contributed by atoms with E-state index in [1.54, 1.807) is 0 Å². The van der Waals surface area contributed by atoms with Gasteiger partial charge >= 0.3 is 18.8 Å². The average molecular weight is 386 g/mol. The average Bonchev–Trinajstić information content (AvgIpc) is 2.90. The van der Waals surface area contributed by atoms with Crippen LogP contribution in [0.3, 0.4) is 0 Å². The van der Waals surface area contributed by atoms with Crippen molar-refractivity contribution in [1.29, 1.82) is 0 Å². The molecule has 0 aromatic carbocycles. The molecule has 1 atom stereocenters. The molecule has 0 amide bonds. The van der Waals surface area contributed by atoms with E-state index in [-0.39, 0.29) is 5.69 Å². The van der Waals surface area contributed by atoms with E-state index < -0.39 is 35.3 Å². The zero-order chi connectivity index (χ0) is 18.8. The van der Waals surface area contributed by atoms with Gasteiger partial charge in [0.15, 0.2) is 11.4 Å². The van der Waals surface area contributed by atoms with Gasteiger partial charge in [-0.05, 0) is 12.1 Å². The van der Waals surface area contributed by atoms with Gasteiger partial charge < -0.3 is 10.5 Å². The first-order chi connectivity index (χ1) is 11.5. The van der Waals surface area contributed by atoms with Crippen molar-refractivity contribution in [3.63, 3.8) is 0 Å². The minimum atomic E-state index is -5.63. The number of halogens is 6. The van der Waals surface area contributed by atoms with E-state index >= 15 is 0 Å². The van der Waals surface area contributed by atoms with E-state index in [1.807, 2.05) is 0 Å². The first-order valence-corrected chi connectivity index (χ1v) is 6.66. The number of nitrogens with two attached hydrogens (primary N) is 1. The highest BCUT2D eigenvalue weighted by atomic mass is 32.1. The third-order valence-corrected chi connectivity index (χ3v) is 2.77. The van der Waals surface area contributed by atoms with Crippen LogP contribution in [0.15, 0.2) is 30.7 Å². The zero-order valence-corrected chi connectivity index (χ0v) is 12.7. The molecule has 2 aromatic rings. The molecule has 13 heteroatoms. The molecule has 0 saturated carbocycles. The van der Waals surface area contributed by atoms with Crippen LogP contribution in [0.5, 0.6) is 5.75 Å². The van der Waals surface area contributed by atoms with Crippen LogP contribution in [0.2, 0.25) is 0 Å². The molecule has 0 bridgehead atoms. The van der Waals surface area contributed by atoms with Crippen molar-refractivity contribution in [2.45, 2.75) is 18.8 Å². The molecular formula is C12H8F6N4O2S. The Morgan fingerprint density at radius 2 is 1.96 bits per heavy atom. The number of rotatable bonds is 6. The molecule has 0 saturated heterocycles. The van der Waals surface area contributed by atoms with E-state index in [4.69, 9.17) is 5.73 Å². The number of nitrogens with zero attached hydrogens (tertiary/aromatic N) is 3. The van der Waals surface area contributed by atoms with Gasteiger partial charge in [-0.1, -0.05) is 12.2 Å². The second kappa shape index (κ2) is 6.84. The fraction of sp³-hybridized carbons (Fsp3) is 0.250. The summed E-state index contributed by atoms with van der Waals surface area (Å²) < 4.78 is 83.5. The Labute approximate surface area is 141 Å². The molecule has 0 aliphatic heterocycles. The summed E-state index contributed by atoms with van der Waals surface area (Å²) in [5, 5.41) is 3.76. The number of pyridine rings is 1. The Morgan fingerprint density at radius 3 is 2.48 bits per heavy atom. The third kappa shape index (κ3) is 4.79. The summed E-state index contributed by atoms with van der Waals surface area (Å²) in [5.74, 6) is -0.838. The van der Waals surface area contributed by atoms with Gasteiger partial charge in [0.05, 0.1) is 18.1 Å². The Bertz CT molecular complexity index is 752. The van der Waals surface area contributed by atoms with Crippen molar-refractivity contribution in [2.24, 2.45) is 5.73 Å². The summed E-state index contributed by atoms with van der Waals surface area (Å²) in [6.07, 6.45) is -11.2. The number of aromatic nitrogens is 3. The third-order valence-electron chi connectivity index (χ3n) is 2.57. The van der Waals surface area contributed by atoms with Crippen molar-refractivity contribution < 1.29 is 35.8 Å². The van der Waals surface area contributed by atoms with E-state index in [2.05, 4.69) is 31.8 Å². The predicted octanol–water partition coefficient (Wildman–Crippen LogP) is 2.71. The summed E-state index contributed by atoms with van der Waals surface area (Å²) in [5.41, 5.74) is 5.10. The lowest BCUT2D eigenvalue weighted by Gasteiger charge is -2.21. The highest BCUT2D eigenvalue weighted by Gasteiger charge is 2.51. The minimum absolute atomic E-state index is 0.279. The van der Waals surface area contributed by atoms with Gasteiger partial charge in [0.2, 0.25) is 0 Å². The summed E-state index contributed by atoms with van der Waals surface area (Å²) in [6, 6.07) is 2.98. The van der Waals surface area contributed by atoms with Crippen LogP contribution < -0.4 is 10.5 Å². The van der Waals surface area contributed by atoms with Crippen LogP contribution in [0.4, 0.5) is 26.3 Å². The van der Waals surface area contributed by atoms with Gasteiger partial charge in [-0.15, -0.1) is 13.2 Å². The maximum Gasteiger partial charge on any atom is 0.525 e. The van der Waals surface area contributed by atoms with Crippen LogP contribution >= 0.6 is 12.2 Å². The van der Waals surface area contributed by atoms with Gasteiger partial charge in [-0.3, -0.25) is 4.98 Å². The van der Waals surface area contributed by atoms with Gasteiger partial charge in [-0.25, -0.2) is 13.8 Å². The van der Waals surface area contributed by atoms with Crippen LogP contribution in [-0.4, -0.2) is 38.6 Å². The fourth-order valence-corrected chi connectivity index (χ4v) is 1.75. The lowest BCUT2D eigenvalue weighted by molar-refractivity contribution is -0.411. The maximum atomic E-state index is 13.5. The maximum absolute atomic E-state index is 13.5. The second-order valence-electron chi connectivity index (χ2n) is 4.41. The predicted molar refractivity (Wildman–Crippen MR) is 74.9 cm³/mol. The van der Waals surface area contributed by atoms with Crippen LogP contribution in [0.25, 0.3) is 5.69 Å². The molecule has 0 spiro atoms. The standard InChI is InChI=1S/C12H8F6N4O2S/c13-10(24-12(16,17)18)11(14,15)23-7-5-22(21-8(7)9(19)25)6-2-1-3-20-4-6/h1-5,10H,(H2,19,25). The molecule has 0 radical (unpaired) electrons. The zero-order valence-electron chi connectivity index (χ0n) is 11.9. The number of ether oxygens (including phenoxy) is 2. The quantitative estimate of drug-likeness (QED) is 0.608. The lowest BCUT2D eigenvalue weighted by atomic mass is 10.4. The smallest absolute Gasteiger partial charge is 0.424 e. The van der Waals surface area contributed by atoms with Crippen LogP contribution in [0.1, 0.15) is 5.69 Å². The topological polar surface area (TPSA) is 75.2 Å². The van der Waals surface area contributed by atoms with Gasteiger partial charge in [0.1, 0.15) is 4.99 Å². The number of alkyl halides is 6. The number of hydrogen-bond acceptors (Lipinski definition) is 5. The molecule has 25 heavy (non-hydrogen) atoms. The van der Waals surface area contributed by atoms with Crippen LogP contribution in [-0.2, 0) is 4.74 Å². The first-order valence-electron chi connectivity index (χ1n) is 6.25. The molecule has 0 aliphatic rings. The molecule has 0 aliphatic carbocycles. The molecule has 2 aromatic heterocycles. The Balaban J connectivity index is 2.32. The normalized spacial score (nSPS) is 13.5. The first kappa shape index (κ1) is 18.9. The molecule has 0 fully saturated rings. The minimum Gasteiger partial charge on any atom is -0.424 e. The Morgan fingerprint density at radius 1 is 1.28 bits per heavy atom. The lowest BCUT2D eigenvalue weighted by Crippen LogP contribution is -2.41. The summed E-state index contributed by atoms with van der Waals surface area (Å²) >= 11 is 4.61. The SMILES string of the molecule is NC(=S)c1nn(-c2cccnc2)cc1OC(F)(F)C(F)OC(F)(F)F. The van der Waals surface area contributed by atoms with Crippen molar-refractivity contribution in [3.05, 3.63) is 36.4 Å². The van der Waals surface area contributed by atoms with Gasteiger partial charge in [0.25, 0.3) is 0 Å². The molecule has 6 nitrogen and oxygen atoms in total. The van der Waals surface area contributed by atoms with Crippen molar-refractivity contribution in [1.82, 2.24) is 14.8 Å². The van der Waals surface area contributed by atoms with Crippen molar-refractivity contribution in [2.75, 3.05) is 0 Å². The molecular weight excluding hydrogens is 378 g/mol. The molecule has 1 unspecified atom stereocenters. The molecule has 2 N–H and O–H groups in total. The highest BCUT2D eigenvalue weighted by Crippen LogP contribution is 2.33. The number of thiocarbonyl (C=S) groups is 1. The van der Waals surface area contributed by atoms with Crippen LogP contribution in [0, 0.1) is 0 Å². The summed E-state index contributed by atoms with van der Waals surface area (Å²) in [7, 11) is 0. The molecule has 2 heterocycles. The molecule has 2 rings (SSSR count). The summed E-state index contributed by atoms with van der Waals surface area (Å²) in [6.45, 7) is 0. The monoisotopic (exact) mass is 386 g/mol. The van der Waals surface area contributed by atoms with E-state index in [9.17, 15) is 26.3 Å². The van der Waals surface area contributed by atoms with Crippen molar-refractivity contribution >= 4 is 17.2 Å². The van der Waals surface area contributed by atoms with E-state index in [0.717, 1.165) is 10.9 Å². The van der Waals surface area contributed by atoms with Gasteiger partial charge in [-0.2, -0.15) is 13.9 Å². The largest absolute Gasteiger partial charge is 0.525 e. The van der Waals surface area contributed by atoms with E-state index in [0.29, 0.717) is 0 Å². The fourth-order valence-electron chi connectivity index (χ4n) is 1.60. The number of hydrogen-bond donors (Lipinski definition) is 1. The van der Waals surface area contributed by atoms with E-state index in [1.165, 1.54) is 24.5 Å². The Hall–Kier alpha value is -2.41. The van der Waals surface area contributed by atoms with Crippen molar-refractivity contribution in [3.8, 4) is 11.4 Å². The van der Waals surface area contributed by atoms with Gasteiger partial charge in [0, 0.05) is 6.20 Å². The molecule has 136 valence electrons. The Kier molecular flexibility index (Phi) is 5.17.